The molecule has 2 rings (SSSR count). The SMILES string of the molecule is CN(CC(=O)Nc1ccccc1C(F)(F)F)C(=O)Cc1ccc([N+](=O)[O-])cc1. The minimum Gasteiger partial charge on any atom is -0.336 e. The summed E-state index contributed by atoms with van der Waals surface area (Å²) in [5.41, 5.74) is -0.989. The highest BCUT2D eigenvalue weighted by Crippen LogP contribution is 2.34. The topological polar surface area (TPSA) is 92.6 Å². The molecule has 0 saturated heterocycles. The number of nitro groups is 1. The molecule has 0 bridgehead atoms. The lowest BCUT2D eigenvalue weighted by Gasteiger charge is -2.18. The van der Waals surface area contributed by atoms with Gasteiger partial charge >= 0.3 is 6.18 Å². The Labute approximate surface area is 157 Å². The summed E-state index contributed by atoms with van der Waals surface area (Å²) < 4.78 is 38.9. The van der Waals surface area contributed by atoms with Crippen LogP contribution >= 0.6 is 0 Å². The Bertz CT molecular complexity index is 882. The average molecular weight is 395 g/mol. The number of anilines is 1. The molecule has 0 aliphatic carbocycles. The number of hydrogen-bond acceptors (Lipinski definition) is 4. The molecule has 7 nitrogen and oxygen atoms in total. The van der Waals surface area contributed by atoms with E-state index in [-0.39, 0.29) is 12.1 Å². The summed E-state index contributed by atoms with van der Waals surface area (Å²) in [4.78, 5) is 35.3. The lowest BCUT2D eigenvalue weighted by Crippen LogP contribution is -2.36. The Morgan fingerprint density at radius 1 is 1.11 bits per heavy atom. The molecule has 0 unspecified atom stereocenters. The number of carbonyl (C=O) groups is 2. The lowest BCUT2D eigenvalue weighted by molar-refractivity contribution is -0.384. The number of benzene rings is 2. The van der Waals surface area contributed by atoms with Gasteiger partial charge in [0.2, 0.25) is 11.8 Å². The molecule has 2 aromatic carbocycles. The molecular weight excluding hydrogens is 379 g/mol. The van der Waals surface area contributed by atoms with Gasteiger partial charge in [-0.15, -0.1) is 0 Å². The Morgan fingerprint density at radius 2 is 1.71 bits per heavy atom. The number of rotatable bonds is 6. The van der Waals surface area contributed by atoms with E-state index in [4.69, 9.17) is 0 Å². The fourth-order valence-corrected chi connectivity index (χ4v) is 2.38. The number of nitrogens with zero attached hydrogens (tertiary/aromatic N) is 2. The first-order chi connectivity index (χ1) is 13.1. The van der Waals surface area contributed by atoms with Gasteiger partial charge < -0.3 is 10.2 Å². The molecule has 28 heavy (non-hydrogen) atoms. The summed E-state index contributed by atoms with van der Waals surface area (Å²) in [6.45, 7) is -0.446. The van der Waals surface area contributed by atoms with E-state index in [9.17, 15) is 32.9 Å². The summed E-state index contributed by atoms with van der Waals surface area (Å²) >= 11 is 0. The van der Waals surface area contributed by atoms with Crippen LogP contribution in [-0.2, 0) is 22.2 Å². The first-order valence-corrected chi connectivity index (χ1v) is 8.01. The van der Waals surface area contributed by atoms with Gasteiger partial charge in [0.15, 0.2) is 0 Å². The first kappa shape index (κ1) is 20.9. The zero-order valence-electron chi connectivity index (χ0n) is 14.7. The van der Waals surface area contributed by atoms with Crippen molar-refractivity contribution in [2.75, 3.05) is 18.9 Å². The number of alkyl halides is 3. The number of hydrogen-bond donors (Lipinski definition) is 1. The third-order valence-electron chi connectivity index (χ3n) is 3.82. The van der Waals surface area contributed by atoms with E-state index >= 15 is 0 Å². The standard InChI is InChI=1S/C18H16F3N3O4/c1-23(17(26)10-12-6-8-13(9-7-12)24(27)28)11-16(25)22-15-5-3-2-4-14(15)18(19,20)21/h2-9H,10-11H2,1H3,(H,22,25). The molecule has 0 aliphatic heterocycles. The Kier molecular flexibility index (Phi) is 6.34. The minimum atomic E-state index is -4.62. The van der Waals surface area contributed by atoms with Crippen LogP contribution in [0, 0.1) is 10.1 Å². The van der Waals surface area contributed by atoms with E-state index in [1.165, 1.54) is 43.4 Å². The smallest absolute Gasteiger partial charge is 0.336 e. The van der Waals surface area contributed by atoms with Crippen molar-refractivity contribution in [2.45, 2.75) is 12.6 Å². The molecule has 0 aromatic heterocycles. The van der Waals surface area contributed by atoms with Gasteiger partial charge in [0.25, 0.3) is 5.69 Å². The quantitative estimate of drug-likeness (QED) is 0.600. The third-order valence-corrected chi connectivity index (χ3v) is 3.82. The van der Waals surface area contributed by atoms with Crippen LogP contribution in [0.5, 0.6) is 0 Å². The molecule has 1 N–H and O–H groups in total. The van der Waals surface area contributed by atoms with Crippen LogP contribution in [0.25, 0.3) is 0 Å². The van der Waals surface area contributed by atoms with Gasteiger partial charge in [-0.1, -0.05) is 24.3 Å². The van der Waals surface area contributed by atoms with Crippen molar-refractivity contribution >= 4 is 23.2 Å². The summed E-state index contributed by atoms with van der Waals surface area (Å²) in [6, 6.07) is 9.88. The van der Waals surface area contributed by atoms with Crippen molar-refractivity contribution in [2.24, 2.45) is 0 Å². The number of non-ortho nitro benzene ring substituents is 1. The second kappa shape index (κ2) is 8.51. The molecule has 0 spiro atoms. The van der Waals surface area contributed by atoms with E-state index in [0.29, 0.717) is 5.56 Å². The Balaban J connectivity index is 1.97. The fourth-order valence-electron chi connectivity index (χ4n) is 2.38. The van der Waals surface area contributed by atoms with Crippen LogP contribution in [0.15, 0.2) is 48.5 Å². The number of para-hydroxylation sites is 1. The van der Waals surface area contributed by atoms with Gasteiger partial charge in [0.1, 0.15) is 0 Å². The van der Waals surface area contributed by atoms with E-state index in [1.807, 2.05) is 0 Å². The van der Waals surface area contributed by atoms with Gasteiger partial charge in [-0.25, -0.2) is 0 Å². The van der Waals surface area contributed by atoms with Crippen molar-refractivity contribution in [1.82, 2.24) is 4.90 Å². The molecule has 10 heteroatoms. The van der Waals surface area contributed by atoms with Crippen LogP contribution in [0.3, 0.4) is 0 Å². The molecule has 2 aromatic rings. The van der Waals surface area contributed by atoms with E-state index < -0.39 is 40.7 Å². The van der Waals surface area contributed by atoms with Crippen molar-refractivity contribution in [3.05, 3.63) is 69.8 Å². The van der Waals surface area contributed by atoms with Crippen molar-refractivity contribution in [3.8, 4) is 0 Å². The summed E-state index contributed by atoms with van der Waals surface area (Å²) in [7, 11) is 1.34. The van der Waals surface area contributed by atoms with Crippen molar-refractivity contribution in [3.63, 3.8) is 0 Å². The molecule has 0 saturated carbocycles. The average Bonchev–Trinajstić information content (AvgIpc) is 2.61. The second-order valence-electron chi connectivity index (χ2n) is 5.94. The fraction of sp³-hybridized carbons (Fsp3) is 0.222. The number of halogens is 3. The van der Waals surface area contributed by atoms with E-state index in [1.54, 1.807) is 0 Å². The summed E-state index contributed by atoms with van der Waals surface area (Å²) in [5, 5.41) is 12.8. The molecule has 0 aliphatic rings. The monoisotopic (exact) mass is 395 g/mol. The molecule has 0 heterocycles. The molecule has 2 amide bonds. The van der Waals surface area contributed by atoms with Gasteiger partial charge in [-0.05, 0) is 17.7 Å². The van der Waals surface area contributed by atoms with Crippen LogP contribution in [-0.4, -0.2) is 35.2 Å². The number of carbonyl (C=O) groups excluding carboxylic acids is 2. The lowest BCUT2D eigenvalue weighted by atomic mass is 10.1. The zero-order chi connectivity index (χ0) is 20.9. The highest BCUT2D eigenvalue weighted by atomic mass is 19.4. The maximum absolute atomic E-state index is 13.0. The molecule has 0 fully saturated rings. The predicted octanol–water partition coefficient (Wildman–Crippen LogP) is 3.25. The maximum atomic E-state index is 13.0. The van der Waals surface area contributed by atoms with Crippen LogP contribution in [0.1, 0.15) is 11.1 Å². The van der Waals surface area contributed by atoms with Crippen LogP contribution in [0.4, 0.5) is 24.5 Å². The van der Waals surface area contributed by atoms with Gasteiger partial charge in [-0.3, -0.25) is 19.7 Å². The van der Waals surface area contributed by atoms with Gasteiger partial charge in [0, 0.05) is 19.2 Å². The number of nitrogens with one attached hydrogen (secondary N) is 1. The largest absolute Gasteiger partial charge is 0.418 e. The van der Waals surface area contributed by atoms with E-state index in [0.717, 1.165) is 17.0 Å². The molecule has 148 valence electrons. The van der Waals surface area contributed by atoms with Gasteiger partial charge in [-0.2, -0.15) is 13.2 Å². The van der Waals surface area contributed by atoms with Crippen molar-refractivity contribution in [1.29, 1.82) is 0 Å². The highest BCUT2D eigenvalue weighted by Gasteiger charge is 2.33. The number of amides is 2. The number of likely N-dealkylation sites (N-methyl/N-ethyl adjacent to an activating group) is 1. The summed E-state index contributed by atoms with van der Waals surface area (Å²) in [5.74, 6) is -1.25. The van der Waals surface area contributed by atoms with Crippen molar-refractivity contribution < 1.29 is 27.7 Å². The summed E-state index contributed by atoms with van der Waals surface area (Å²) in [6.07, 6.45) is -4.73. The third kappa shape index (κ3) is 5.53. The predicted molar refractivity (Wildman–Crippen MR) is 94.5 cm³/mol. The molecular formula is C18H16F3N3O4. The molecule has 0 radical (unpaired) electrons. The minimum absolute atomic E-state index is 0.110. The highest BCUT2D eigenvalue weighted by molar-refractivity contribution is 5.95. The Hall–Kier alpha value is -3.43. The molecule has 0 atom stereocenters. The van der Waals surface area contributed by atoms with Gasteiger partial charge in [0.05, 0.1) is 29.1 Å². The number of nitro benzene ring substituents is 1. The van der Waals surface area contributed by atoms with Crippen LogP contribution in [0.2, 0.25) is 0 Å². The second-order valence-corrected chi connectivity index (χ2v) is 5.94. The Morgan fingerprint density at radius 3 is 2.29 bits per heavy atom. The first-order valence-electron chi connectivity index (χ1n) is 8.01. The van der Waals surface area contributed by atoms with Crippen LogP contribution < -0.4 is 5.32 Å². The maximum Gasteiger partial charge on any atom is 0.418 e. The normalized spacial score (nSPS) is 11.0. The van der Waals surface area contributed by atoms with E-state index in [2.05, 4.69) is 5.32 Å². The zero-order valence-corrected chi connectivity index (χ0v) is 14.7.